The van der Waals surface area contributed by atoms with Crippen LogP contribution in [0.4, 0.5) is 5.82 Å². The number of nitrogens with zero attached hydrogens (tertiary/aromatic N) is 4. The molecular weight excluding hydrogens is 298 g/mol. The number of benzene rings is 1. The highest BCUT2D eigenvalue weighted by Gasteiger charge is 2.08. The average Bonchev–Trinajstić information content (AvgIpc) is 2.89. The van der Waals surface area contributed by atoms with Gasteiger partial charge in [-0.3, -0.25) is 18.8 Å². The molecule has 0 bridgehead atoms. The van der Waals surface area contributed by atoms with Gasteiger partial charge in [0.05, 0.1) is 11.7 Å². The number of aryl methyl sites for hydroxylation is 1. The Kier molecular flexibility index (Phi) is 3.80. The van der Waals surface area contributed by atoms with E-state index in [1.54, 1.807) is 10.9 Å². The highest BCUT2D eigenvalue weighted by molar-refractivity contribution is 5.79. The monoisotopic (exact) mass is 313 g/mol. The van der Waals surface area contributed by atoms with Crippen molar-refractivity contribution >= 4 is 22.7 Å². The largest absolute Gasteiger partial charge is 0.480 e. The molecule has 0 spiro atoms. The predicted molar refractivity (Wildman–Crippen MR) is 84.2 cm³/mol. The van der Waals surface area contributed by atoms with E-state index in [0.717, 1.165) is 21.0 Å². The van der Waals surface area contributed by atoms with Crippen molar-refractivity contribution in [3.05, 3.63) is 52.7 Å². The number of hydrogen-bond acceptors (Lipinski definition) is 5. The molecule has 8 heteroatoms. The standard InChI is InChI=1S/C15H15N5O3/c1-19-12-6-10(2-3-11(12)8-18-19)7-17-14-15(23)20(5-4-16-14)9-13(21)22/h2-6,8H,7,9H2,1H3,(H,16,17)(H,21,22). The lowest BCUT2D eigenvalue weighted by Gasteiger charge is -2.08. The molecule has 0 unspecified atom stereocenters. The number of anilines is 1. The van der Waals surface area contributed by atoms with Crippen molar-refractivity contribution in [3.63, 3.8) is 0 Å². The van der Waals surface area contributed by atoms with Crippen LogP contribution in [-0.4, -0.2) is 30.4 Å². The fourth-order valence-electron chi connectivity index (χ4n) is 2.32. The van der Waals surface area contributed by atoms with Crippen LogP contribution < -0.4 is 10.9 Å². The molecule has 0 fully saturated rings. The molecule has 3 aromatic rings. The van der Waals surface area contributed by atoms with Gasteiger partial charge in [0.25, 0.3) is 5.56 Å². The second kappa shape index (κ2) is 5.91. The number of aromatic nitrogens is 4. The normalized spacial score (nSPS) is 10.8. The van der Waals surface area contributed by atoms with Gasteiger partial charge in [0, 0.05) is 31.4 Å². The molecule has 0 radical (unpaired) electrons. The van der Waals surface area contributed by atoms with Crippen LogP contribution in [0.15, 0.2) is 41.6 Å². The summed E-state index contributed by atoms with van der Waals surface area (Å²) < 4.78 is 2.88. The summed E-state index contributed by atoms with van der Waals surface area (Å²) in [6, 6.07) is 5.88. The number of carboxylic acids is 1. The van der Waals surface area contributed by atoms with Gasteiger partial charge in [0.1, 0.15) is 6.54 Å². The van der Waals surface area contributed by atoms with Crippen LogP contribution >= 0.6 is 0 Å². The molecule has 2 heterocycles. The molecule has 0 atom stereocenters. The van der Waals surface area contributed by atoms with Crippen molar-refractivity contribution in [2.24, 2.45) is 7.05 Å². The highest BCUT2D eigenvalue weighted by Crippen LogP contribution is 2.15. The number of hydrogen-bond donors (Lipinski definition) is 2. The number of aliphatic carboxylic acids is 1. The van der Waals surface area contributed by atoms with Gasteiger partial charge in [-0.25, -0.2) is 4.98 Å². The summed E-state index contributed by atoms with van der Waals surface area (Å²) in [6.07, 6.45) is 4.54. The summed E-state index contributed by atoms with van der Waals surface area (Å²) in [5.74, 6) is -0.954. The minimum atomic E-state index is -1.08. The number of carbonyl (C=O) groups is 1. The van der Waals surface area contributed by atoms with Crippen molar-refractivity contribution in [3.8, 4) is 0 Å². The van der Waals surface area contributed by atoms with Crippen molar-refractivity contribution in [1.29, 1.82) is 0 Å². The Bertz CT molecular complexity index is 928. The van der Waals surface area contributed by atoms with E-state index in [2.05, 4.69) is 15.4 Å². The maximum absolute atomic E-state index is 12.1. The van der Waals surface area contributed by atoms with E-state index in [4.69, 9.17) is 5.11 Å². The van der Waals surface area contributed by atoms with Gasteiger partial charge in [-0.15, -0.1) is 0 Å². The van der Waals surface area contributed by atoms with Crippen LogP contribution in [0.1, 0.15) is 5.56 Å². The molecule has 8 nitrogen and oxygen atoms in total. The molecule has 0 saturated heterocycles. The summed E-state index contributed by atoms with van der Waals surface area (Å²) in [5.41, 5.74) is 1.50. The van der Waals surface area contributed by atoms with Crippen molar-refractivity contribution < 1.29 is 9.90 Å². The van der Waals surface area contributed by atoms with Gasteiger partial charge < -0.3 is 10.4 Å². The van der Waals surface area contributed by atoms with Crippen LogP contribution in [0.25, 0.3) is 10.9 Å². The number of nitrogens with one attached hydrogen (secondary N) is 1. The Labute approximate surface area is 131 Å². The van der Waals surface area contributed by atoms with E-state index < -0.39 is 18.1 Å². The van der Waals surface area contributed by atoms with Gasteiger partial charge in [-0.1, -0.05) is 12.1 Å². The second-order valence-corrected chi connectivity index (χ2v) is 5.12. The van der Waals surface area contributed by atoms with Crippen LogP contribution in [0.2, 0.25) is 0 Å². The van der Waals surface area contributed by atoms with Gasteiger partial charge in [-0.2, -0.15) is 5.10 Å². The molecule has 2 N–H and O–H groups in total. The highest BCUT2D eigenvalue weighted by atomic mass is 16.4. The smallest absolute Gasteiger partial charge is 0.323 e. The first kappa shape index (κ1) is 14.8. The van der Waals surface area contributed by atoms with Gasteiger partial charge in [0.2, 0.25) is 0 Å². The van der Waals surface area contributed by atoms with E-state index in [0.29, 0.717) is 6.54 Å². The lowest BCUT2D eigenvalue weighted by atomic mass is 10.1. The van der Waals surface area contributed by atoms with Crippen LogP contribution in [0, 0.1) is 0 Å². The summed E-state index contributed by atoms with van der Waals surface area (Å²) in [4.78, 5) is 26.8. The average molecular weight is 313 g/mol. The quantitative estimate of drug-likeness (QED) is 0.723. The van der Waals surface area contributed by atoms with E-state index in [1.165, 1.54) is 12.4 Å². The first-order chi connectivity index (χ1) is 11.0. The topological polar surface area (TPSA) is 102 Å². The molecule has 0 aliphatic carbocycles. The first-order valence-electron chi connectivity index (χ1n) is 6.96. The van der Waals surface area contributed by atoms with Gasteiger partial charge in [-0.05, 0) is 11.6 Å². The second-order valence-electron chi connectivity index (χ2n) is 5.12. The number of carboxylic acid groups (broad SMARTS) is 1. The molecule has 23 heavy (non-hydrogen) atoms. The third-order valence-electron chi connectivity index (χ3n) is 3.49. The Morgan fingerprint density at radius 3 is 3.00 bits per heavy atom. The molecular formula is C15H15N5O3. The Morgan fingerprint density at radius 2 is 2.22 bits per heavy atom. The molecule has 0 aliphatic heterocycles. The van der Waals surface area contributed by atoms with E-state index in [-0.39, 0.29) is 5.82 Å². The Balaban J connectivity index is 1.80. The van der Waals surface area contributed by atoms with Crippen LogP contribution in [0.5, 0.6) is 0 Å². The molecule has 3 rings (SSSR count). The zero-order valence-corrected chi connectivity index (χ0v) is 12.4. The maximum Gasteiger partial charge on any atom is 0.323 e. The molecule has 1 aromatic carbocycles. The fourth-order valence-corrected chi connectivity index (χ4v) is 2.32. The van der Waals surface area contributed by atoms with Gasteiger partial charge >= 0.3 is 5.97 Å². The maximum atomic E-state index is 12.1. The lowest BCUT2D eigenvalue weighted by molar-refractivity contribution is -0.137. The zero-order valence-electron chi connectivity index (χ0n) is 12.4. The first-order valence-corrected chi connectivity index (χ1v) is 6.96. The molecule has 118 valence electrons. The molecule has 0 aliphatic rings. The summed E-state index contributed by atoms with van der Waals surface area (Å²) in [7, 11) is 1.86. The van der Waals surface area contributed by atoms with Crippen LogP contribution in [0.3, 0.4) is 0 Å². The van der Waals surface area contributed by atoms with Crippen LogP contribution in [-0.2, 0) is 24.9 Å². The summed E-state index contributed by atoms with van der Waals surface area (Å²) in [6.45, 7) is 0.0114. The minimum absolute atomic E-state index is 0.124. The Morgan fingerprint density at radius 1 is 1.39 bits per heavy atom. The van der Waals surface area contributed by atoms with Crippen molar-refractivity contribution in [2.45, 2.75) is 13.1 Å². The summed E-state index contributed by atoms with van der Waals surface area (Å²) >= 11 is 0. The molecule has 2 aromatic heterocycles. The predicted octanol–water partition coefficient (Wildman–Crippen LogP) is 0.827. The minimum Gasteiger partial charge on any atom is -0.480 e. The zero-order chi connectivity index (χ0) is 16.4. The van der Waals surface area contributed by atoms with E-state index in [1.807, 2.05) is 25.2 Å². The third-order valence-corrected chi connectivity index (χ3v) is 3.49. The van der Waals surface area contributed by atoms with Crippen molar-refractivity contribution in [2.75, 3.05) is 5.32 Å². The van der Waals surface area contributed by atoms with Crippen molar-refractivity contribution in [1.82, 2.24) is 19.3 Å². The van der Waals surface area contributed by atoms with Gasteiger partial charge in [0.15, 0.2) is 5.82 Å². The van der Waals surface area contributed by atoms with E-state index in [9.17, 15) is 9.59 Å². The number of fused-ring (bicyclic) bond motifs is 1. The fraction of sp³-hybridized carbons (Fsp3) is 0.200. The summed E-state index contributed by atoms with van der Waals surface area (Å²) in [5, 5.41) is 17.0. The molecule has 0 saturated carbocycles. The number of rotatable bonds is 5. The Hall–Kier alpha value is -3.16. The SMILES string of the molecule is Cn1ncc2ccc(CNc3nccn(CC(=O)O)c3=O)cc21. The third kappa shape index (κ3) is 3.05. The lowest BCUT2D eigenvalue weighted by Crippen LogP contribution is -2.27. The van der Waals surface area contributed by atoms with E-state index >= 15 is 0 Å². The molecule has 0 amide bonds.